The molecule has 3 aromatic carbocycles. The number of rotatable bonds is 4. The molecule has 5 heteroatoms. The van der Waals surface area contributed by atoms with Crippen LogP contribution in [0.3, 0.4) is 0 Å². The Hall–Kier alpha value is -3.21. The summed E-state index contributed by atoms with van der Waals surface area (Å²) in [5.41, 5.74) is -0.0143. The van der Waals surface area contributed by atoms with Crippen LogP contribution in [0.5, 0.6) is 11.5 Å². The van der Waals surface area contributed by atoms with E-state index in [1.54, 1.807) is 36.4 Å². The van der Waals surface area contributed by atoms with E-state index in [2.05, 4.69) is 5.32 Å². The average molecular weight is 325 g/mol. The molecular weight excluding hydrogens is 312 g/mol. The van der Waals surface area contributed by atoms with E-state index in [-0.39, 0.29) is 5.56 Å². The zero-order valence-electron chi connectivity index (χ0n) is 12.5. The van der Waals surface area contributed by atoms with Gasteiger partial charge < -0.3 is 10.1 Å². The maximum atomic E-state index is 13.7. The predicted octanol–water partition coefficient (Wildman–Crippen LogP) is 5.01. The molecule has 3 nitrogen and oxygen atoms in total. The van der Waals surface area contributed by atoms with Crippen molar-refractivity contribution in [3.8, 4) is 11.5 Å². The highest BCUT2D eigenvalue weighted by Crippen LogP contribution is 2.29. The molecule has 3 aromatic rings. The van der Waals surface area contributed by atoms with Crippen LogP contribution in [0, 0.1) is 11.6 Å². The summed E-state index contributed by atoms with van der Waals surface area (Å²) in [6.45, 7) is 0. The topological polar surface area (TPSA) is 38.3 Å². The van der Waals surface area contributed by atoms with Crippen LogP contribution < -0.4 is 10.1 Å². The molecule has 24 heavy (non-hydrogen) atoms. The zero-order chi connectivity index (χ0) is 16.9. The number of amides is 1. The van der Waals surface area contributed by atoms with E-state index < -0.39 is 17.5 Å². The predicted molar refractivity (Wildman–Crippen MR) is 87.3 cm³/mol. The van der Waals surface area contributed by atoms with Crippen molar-refractivity contribution in [2.24, 2.45) is 0 Å². The molecule has 1 N–H and O–H groups in total. The number of carbonyl (C=O) groups excluding carboxylic acids is 1. The van der Waals surface area contributed by atoms with Gasteiger partial charge in [-0.15, -0.1) is 0 Å². The van der Waals surface area contributed by atoms with E-state index in [9.17, 15) is 13.6 Å². The van der Waals surface area contributed by atoms with E-state index >= 15 is 0 Å². The highest BCUT2D eigenvalue weighted by molar-refractivity contribution is 6.05. The molecule has 0 unspecified atom stereocenters. The number of ether oxygens (including phenoxy) is 1. The number of halogens is 2. The van der Waals surface area contributed by atoms with Gasteiger partial charge in [-0.25, -0.2) is 8.78 Å². The average Bonchev–Trinajstić information content (AvgIpc) is 2.59. The van der Waals surface area contributed by atoms with E-state index in [1.165, 1.54) is 0 Å². The van der Waals surface area contributed by atoms with Crippen LogP contribution in [-0.2, 0) is 0 Å². The van der Waals surface area contributed by atoms with Gasteiger partial charge in [-0.1, -0.05) is 30.3 Å². The largest absolute Gasteiger partial charge is 0.455 e. The van der Waals surface area contributed by atoms with Crippen LogP contribution in [0.1, 0.15) is 10.4 Å². The third-order valence-electron chi connectivity index (χ3n) is 3.28. The molecule has 0 fully saturated rings. The van der Waals surface area contributed by atoms with Crippen LogP contribution in [0.4, 0.5) is 14.5 Å². The Balaban J connectivity index is 1.85. The number of anilines is 1. The van der Waals surface area contributed by atoms with Gasteiger partial charge in [0.25, 0.3) is 5.91 Å². The maximum Gasteiger partial charge on any atom is 0.258 e. The summed E-state index contributed by atoms with van der Waals surface area (Å²) >= 11 is 0. The molecule has 120 valence electrons. The molecule has 3 rings (SSSR count). The molecule has 0 atom stereocenters. The van der Waals surface area contributed by atoms with Crippen molar-refractivity contribution in [3.05, 3.63) is 90.0 Å². The SMILES string of the molecule is O=C(Nc1ccccc1Oc1ccccc1)c1cc(F)ccc1F. The minimum absolute atomic E-state index is 0.356. The van der Waals surface area contributed by atoms with E-state index in [0.29, 0.717) is 17.2 Å². The molecule has 0 aliphatic heterocycles. The number of benzene rings is 3. The summed E-state index contributed by atoms with van der Waals surface area (Å²) in [4.78, 5) is 12.2. The fourth-order valence-corrected chi connectivity index (χ4v) is 2.14. The number of hydrogen-bond acceptors (Lipinski definition) is 2. The first-order chi connectivity index (χ1) is 11.6. The first-order valence-corrected chi connectivity index (χ1v) is 7.22. The van der Waals surface area contributed by atoms with Gasteiger partial charge in [-0.2, -0.15) is 0 Å². The van der Waals surface area contributed by atoms with Crippen molar-refractivity contribution in [3.63, 3.8) is 0 Å². The van der Waals surface area contributed by atoms with Gasteiger partial charge in [-0.05, 0) is 42.5 Å². The third-order valence-corrected chi connectivity index (χ3v) is 3.28. The molecule has 0 aliphatic rings. The van der Waals surface area contributed by atoms with Gasteiger partial charge in [0.2, 0.25) is 0 Å². The number of hydrogen-bond donors (Lipinski definition) is 1. The van der Waals surface area contributed by atoms with Crippen LogP contribution in [0.25, 0.3) is 0 Å². The van der Waals surface area contributed by atoms with Gasteiger partial charge in [0.1, 0.15) is 17.4 Å². The molecule has 0 heterocycles. The lowest BCUT2D eigenvalue weighted by Gasteiger charge is -2.12. The van der Waals surface area contributed by atoms with Crippen LogP contribution in [-0.4, -0.2) is 5.91 Å². The summed E-state index contributed by atoms with van der Waals surface area (Å²) in [5, 5.41) is 2.54. The van der Waals surface area contributed by atoms with Crippen molar-refractivity contribution < 1.29 is 18.3 Å². The van der Waals surface area contributed by atoms with Gasteiger partial charge in [0.05, 0.1) is 11.3 Å². The number of carbonyl (C=O) groups is 1. The van der Waals surface area contributed by atoms with Crippen LogP contribution in [0.15, 0.2) is 72.8 Å². The minimum Gasteiger partial charge on any atom is -0.455 e. The molecule has 0 saturated heterocycles. The maximum absolute atomic E-state index is 13.7. The second-order valence-corrected chi connectivity index (χ2v) is 4.99. The van der Waals surface area contributed by atoms with Crippen molar-refractivity contribution in [1.82, 2.24) is 0 Å². The van der Waals surface area contributed by atoms with E-state index in [4.69, 9.17) is 4.74 Å². The Morgan fingerprint density at radius 3 is 2.38 bits per heavy atom. The first-order valence-electron chi connectivity index (χ1n) is 7.22. The highest BCUT2D eigenvalue weighted by Gasteiger charge is 2.15. The standard InChI is InChI=1S/C19H13F2NO2/c20-13-10-11-16(21)15(12-13)19(23)22-17-8-4-5-9-18(17)24-14-6-2-1-3-7-14/h1-12H,(H,22,23). The molecular formula is C19H13F2NO2. The fraction of sp³-hybridized carbons (Fsp3) is 0. The molecule has 0 bridgehead atoms. The van der Waals surface area contributed by atoms with Crippen LogP contribution >= 0.6 is 0 Å². The van der Waals surface area contributed by atoms with Crippen molar-refractivity contribution in [1.29, 1.82) is 0 Å². The lowest BCUT2D eigenvalue weighted by molar-refractivity contribution is 0.102. The number of para-hydroxylation sites is 3. The van der Waals surface area contributed by atoms with E-state index in [0.717, 1.165) is 18.2 Å². The Morgan fingerprint density at radius 2 is 1.58 bits per heavy atom. The van der Waals surface area contributed by atoms with Crippen LogP contribution in [0.2, 0.25) is 0 Å². The summed E-state index contributed by atoms with van der Waals surface area (Å²) in [5.74, 6) is -1.24. The Morgan fingerprint density at radius 1 is 0.875 bits per heavy atom. The van der Waals surface area contributed by atoms with Crippen molar-refractivity contribution in [2.45, 2.75) is 0 Å². The summed E-state index contributed by atoms with van der Waals surface area (Å²) < 4.78 is 32.7. The Bertz CT molecular complexity index is 866. The molecule has 1 amide bonds. The first kappa shape index (κ1) is 15.7. The van der Waals surface area contributed by atoms with E-state index in [1.807, 2.05) is 18.2 Å². The third kappa shape index (κ3) is 3.57. The molecule has 0 radical (unpaired) electrons. The lowest BCUT2D eigenvalue weighted by atomic mass is 10.2. The smallest absolute Gasteiger partial charge is 0.258 e. The quantitative estimate of drug-likeness (QED) is 0.732. The zero-order valence-corrected chi connectivity index (χ0v) is 12.5. The molecule has 0 saturated carbocycles. The van der Waals surface area contributed by atoms with Gasteiger partial charge >= 0.3 is 0 Å². The minimum atomic E-state index is -0.796. The highest BCUT2D eigenvalue weighted by atomic mass is 19.1. The van der Waals surface area contributed by atoms with Gasteiger partial charge in [0, 0.05) is 0 Å². The molecule has 0 aromatic heterocycles. The van der Waals surface area contributed by atoms with Gasteiger partial charge in [-0.3, -0.25) is 4.79 Å². The molecule has 0 spiro atoms. The van der Waals surface area contributed by atoms with Gasteiger partial charge in [0.15, 0.2) is 5.75 Å². The number of nitrogens with one attached hydrogen (secondary N) is 1. The summed E-state index contributed by atoms with van der Waals surface area (Å²) in [7, 11) is 0. The monoisotopic (exact) mass is 325 g/mol. The lowest BCUT2D eigenvalue weighted by Crippen LogP contribution is -2.14. The van der Waals surface area contributed by atoms with Crippen molar-refractivity contribution in [2.75, 3.05) is 5.32 Å². The second kappa shape index (κ2) is 6.91. The molecule has 0 aliphatic carbocycles. The fourth-order valence-electron chi connectivity index (χ4n) is 2.14. The Labute approximate surface area is 137 Å². The Kier molecular flexibility index (Phi) is 4.52. The second-order valence-electron chi connectivity index (χ2n) is 4.99. The summed E-state index contributed by atoms with van der Waals surface area (Å²) in [6, 6.07) is 18.5. The summed E-state index contributed by atoms with van der Waals surface area (Å²) in [6.07, 6.45) is 0. The van der Waals surface area contributed by atoms with Crippen molar-refractivity contribution >= 4 is 11.6 Å². The normalized spacial score (nSPS) is 10.2.